The van der Waals surface area contributed by atoms with Gasteiger partial charge in [-0.25, -0.2) is 4.68 Å². The van der Waals surface area contributed by atoms with E-state index in [4.69, 9.17) is 0 Å². The monoisotopic (exact) mass is 272 g/mol. The maximum Gasteiger partial charge on any atom is 0.229 e. The van der Waals surface area contributed by atoms with Crippen LogP contribution < -0.4 is 10.6 Å². The van der Waals surface area contributed by atoms with E-state index in [2.05, 4.69) is 26.2 Å². The number of hydrogen-bond donors (Lipinski definition) is 2. The molecule has 1 saturated heterocycles. The van der Waals surface area contributed by atoms with Crippen molar-refractivity contribution >= 4 is 17.5 Å². The number of tetrazole rings is 1. The van der Waals surface area contributed by atoms with Crippen molar-refractivity contribution in [3.8, 4) is 5.69 Å². The van der Waals surface area contributed by atoms with Crippen molar-refractivity contribution in [2.75, 3.05) is 11.9 Å². The molecular weight excluding hydrogens is 260 g/mol. The van der Waals surface area contributed by atoms with Crippen LogP contribution >= 0.6 is 0 Å². The number of rotatable bonds is 3. The Labute approximate surface area is 114 Å². The van der Waals surface area contributed by atoms with Crippen LogP contribution in [-0.2, 0) is 9.59 Å². The maximum absolute atomic E-state index is 12.0. The highest BCUT2D eigenvalue weighted by atomic mass is 16.2. The first-order valence-corrected chi connectivity index (χ1v) is 6.13. The first-order valence-electron chi connectivity index (χ1n) is 6.13. The molecule has 0 aliphatic carbocycles. The summed E-state index contributed by atoms with van der Waals surface area (Å²) in [6.07, 6.45) is 1.71. The zero-order valence-corrected chi connectivity index (χ0v) is 10.5. The maximum atomic E-state index is 12.0. The average Bonchev–Trinajstić information content (AvgIpc) is 3.10. The molecule has 1 aliphatic rings. The minimum Gasteiger partial charge on any atom is -0.355 e. The second-order valence-corrected chi connectivity index (χ2v) is 4.50. The van der Waals surface area contributed by atoms with Gasteiger partial charge in [-0.2, -0.15) is 0 Å². The molecule has 8 nitrogen and oxygen atoms in total. The topological polar surface area (TPSA) is 102 Å². The van der Waals surface area contributed by atoms with Gasteiger partial charge in [-0.3, -0.25) is 9.59 Å². The van der Waals surface area contributed by atoms with Gasteiger partial charge in [0.15, 0.2) is 0 Å². The first-order chi connectivity index (χ1) is 9.72. The molecule has 20 heavy (non-hydrogen) atoms. The van der Waals surface area contributed by atoms with Crippen LogP contribution in [0.5, 0.6) is 0 Å². The molecular formula is C12H12N6O2. The van der Waals surface area contributed by atoms with Gasteiger partial charge in [0.2, 0.25) is 11.8 Å². The number of carbonyl (C=O) groups is 2. The van der Waals surface area contributed by atoms with Gasteiger partial charge in [0, 0.05) is 18.7 Å². The summed E-state index contributed by atoms with van der Waals surface area (Å²) in [4.78, 5) is 23.1. The Morgan fingerprint density at radius 2 is 2.35 bits per heavy atom. The molecule has 1 aliphatic heterocycles. The van der Waals surface area contributed by atoms with Gasteiger partial charge in [-0.1, -0.05) is 6.07 Å². The highest BCUT2D eigenvalue weighted by molar-refractivity contribution is 5.97. The molecule has 3 rings (SSSR count). The molecule has 1 aromatic heterocycles. The molecule has 0 radical (unpaired) electrons. The van der Waals surface area contributed by atoms with E-state index in [1.165, 1.54) is 11.0 Å². The minimum atomic E-state index is -0.320. The first kappa shape index (κ1) is 12.3. The molecule has 0 saturated carbocycles. The lowest BCUT2D eigenvalue weighted by Gasteiger charge is -2.10. The molecule has 0 spiro atoms. The minimum absolute atomic E-state index is 0.0902. The van der Waals surface area contributed by atoms with Crippen molar-refractivity contribution < 1.29 is 9.59 Å². The van der Waals surface area contributed by atoms with E-state index in [1.54, 1.807) is 18.2 Å². The zero-order chi connectivity index (χ0) is 13.9. The molecule has 1 aromatic carbocycles. The fourth-order valence-electron chi connectivity index (χ4n) is 2.04. The summed E-state index contributed by atoms with van der Waals surface area (Å²) in [5, 5.41) is 16.3. The molecule has 2 aromatic rings. The van der Waals surface area contributed by atoms with E-state index in [1.807, 2.05) is 6.07 Å². The number of amides is 2. The van der Waals surface area contributed by atoms with Crippen LogP contribution in [0.1, 0.15) is 6.42 Å². The summed E-state index contributed by atoms with van der Waals surface area (Å²) in [5.41, 5.74) is 1.38. The summed E-state index contributed by atoms with van der Waals surface area (Å²) >= 11 is 0. The van der Waals surface area contributed by atoms with Gasteiger partial charge in [-0.05, 0) is 28.6 Å². The third-order valence-electron chi connectivity index (χ3n) is 3.08. The van der Waals surface area contributed by atoms with Gasteiger partial charge >= 0.3 is 0 Å². The average molecular weight is 272 g/mol. The summed E-state index contributed by atoms with van der Waals surface area (Å²) in [6.45, 7) is 0.386. The lowest BCUT2D eigenvalue weighted by molar-refractivity contribution is -0.123. The highest BCUT2D eigenvalue weighted by Crippen LogP contribution is 2.16. The van der Waals surface area contributed by atoms with Crippen molar-refractivity contribution in [1.29, 1.82) is 0 Å². The van der Waals surface area contributed by atoms with Crippen LogP contribution in [0.4, 0.5) is 5.69 Å². The molecule has 1 unspecified atom stereocenters. The second-order valence-electron chi connectivity index (χ2n) is 4.50. The molecule has 2 N–H and O–H groups in total. The predicted octanol–water partition coefficient (Wildman–Crippen LogP) is -0.263. The lowest BCUT2D eigenvalue weighted by Crippen LogP contribution is -2.24. The third-order valence-corrected chi connectivity index (χ3v) is 3.08. The Hall–Kier alpha value is -2.77. The smallest absolute Gasteiger partial charge is 0.229 e. The van der Waals surface area contributed by atoms with E-state index in [0.717, 1.165) is 5.69 Å². The SMILES string of the molecule is O=C1CC(C(=O)Nc2cccc(-n3cnnn3)c2)CN1. The largest absolute Gasteiger partial charge is 0.355 e. The van der Waals surface area contributed by atoms with Gasteiger partial charge in [0.05, 0.1) is 11.6 Å². The molecule has 2 amide bonds. The van der Waals surface area contributed by atoms with Crippen LogP contribution in [0.15, 0.2) is 30.6 Å². The fraction of sp³-hybridized carbons (Fsp3) is 0.250. The number of benzene rings is 1. The van der Waals surface area contributed by atoms with E-state index in [0.29, 0.717) is 12.2 Å². The van der Waals surface area contributed by atoms with Crippen LogP contribution in [0.3, 0.4) is 0 Å². The molecule has 0 bridgehead atoms. The fourth-order valence-corrected chi connectivity index (χ4v) is 2.04. The van der Waals surface area contributed by atoms with Crippen LogP contribution in [-0.4, -0.2) is 38.6 Å². The van der Waals surface area contributed by atoms with E-state index < -0.39 is 0 Å². The Morgan fingerprint density at radius 3 is 3.05 bits per heavy atom. The lowest BCUT2D eigenvalue weighted by atomic mass is 10.1. The summed E-state index contributed by atoms with van der Waals surface area (Å²) in [5.74, 6) is -0.580. The Morgan fingerprint density at radius 1 is 1.45 bits per heavy atom. The second kappa shape index (κ2) is 5.08. The number of nitrogens with one attached hydrogen (secondary N) is 2. The summed E-state index contributed by atoms with van der Waals surface area (Å²) < 4.78 is 1.50. The number of aromatic nitrogens is 4. The summed E-state index contributed by atoms with van der Waals surface area (Å²) in [6, 6.07) is 7.16. The van der Waals surface area contributed by atoms with Crippen molar-refractivity contribution in [2.45, 2.75) is 6.42 Å². The van der Waals surface area contributed by atoms with Gasteiger partial charge in [0.25, 0.3) is 0 Å². The third kappa shape index (κ3) is 2.48. The van der Waals surface area contributed by atoms with E-state index in [-0.39, 0.29) is 24.2 Å². The highest BCUT2D eigenvalue weighted by Gasteiger charge is 2.27. The Bertz CT molecular complexity index is 639. The van der Waals surface area contributed by atoms with Crippen molar-refractivity contribution in [3.05, 3.63) is 30.6 Å². The molecule has 1 fully saturated rings. The Kier molecular flexibility index (Phi) is 3.12. The van der Waals surface area contributed by atoms with Gasteiger partial charge in [-0.15, -0.1) is 5.10 Å². The van der Waals surface area contributed by atoms with E-state index in [9.17, 15) is 9.59 Å². The normalized spacial score (nSPS) is 17.8. The van der Waals surface area contributed by atoms with Crippen LogP contribution in [0.25, 0.3) is 5.69 Å². The number of carbonyl (C=O) groups excluding carboxylic acids is 2. The molecule has 1 atom stereocenters. The van der Waals surface area contributed by atoms with Gasteiger partial charge in [0.1, 0.15) is 6.33 Å². The zero-order valence-electron chi connectivity index (χ0n) is 10.5. The number of anilines is 1. The number of hydrogen-bond acceptors (Lipinski definition) is 5. The molecule has 102 valence electrons. The van der Waals surface area contributed by atoms with Gasteiger partial charge < -0.3 is 10.6 Å². The Balaban J connectivity index is 1.73. The molecule has 8 heteroatoms. The predicted molar refractivity (Wildman–Crippen MR) is 68.9 cm³/mol. The van der Waals surface area contributed by atoms with Crippen LogP contribution in [0, 0.1) is 5.92 Å². The van der Waals surface area contributed by atoms with Crippen LogP contribution in [0.2, 0.25) is 0 Å². The number of nitrogens with zero attached hydrogens (tertiary/aromatic N) is 4. The van der Waals surface area contributed by atoms with Crippen molar-refractivity contribution in [2.24, 2.45) is 5.92 Å². The summed E-state index contributed by atoms with van der Waals surface area (Å²) in [7, 11) is 0. The standard InChI is InChI=1S/C12H12N6O2/c19-11-4-8(6-13-11)12(20)15-9-2-1-3-10(5-9)18-7-14-16-17-18/h1-3,5,7-8H,4,6H2,(H,13,19)(H,15,20). The van der Waals surface area contributed by atoms with Crippen molar-refractivity contribution in [3.63, 3.8) is 0 Å². The molecule has 2 heterocycles. The quantitative estimate of drug-likeness (QED) is 0.801. The van der Waals surface area contributed by atoms with E-state index >= 15 is 0 Å². The van der Waals surface area contributed by atoms with Crippen molar-refractivity contribution in [1.82, 2.24) is 25.5 Å².